The molecule has 3 N–H and O–H groups in total. The van der Waals surface area contributed by atoms with Crippen molar-refractivity contribution in [3.63, 3.8) is 0 Å². The minimum atomic E-state index is -1.48. The van der Waals surface area contributed by atoms with Gasteiger partial charge < -0.3 is 15.5 Å². The van der Waals surface area contributed by atoms with Crippen molar-refractivity contribution >= 4 is 28.7 Å². The van der Waals surface area contributed by atoms with E-state index in [2.05, 4.69) is 10.3 Å². The molecule has 108 valence electrons. The number of hydrogen-bond donors (Lipinski definition) is 3. The predicted molar refractivity (Wildman–Crippen MR) is 72.9 cm³/mol. The molecule has 0 fully saturated rings. The molecular weight excluding hydrogens is 276 g/mol. The Morgan fingerprint density at radius 2 is 1.86 bits per heavy atom. The molecule has 0 spiro atoms. The maximum Gasteiger partial charge on any atom is 0.326 e. The smallest absolute Gasteiger partial charge is 0.326 e. The lowest BCUT2D eigenvalue weighted by atomic mass is 10.1. The number of carbonyl (C=O) groups is 3. The number of carbonyl (C=O) groups excluding carboxylic acids is 1. The summed E-state index contributed by atoms with van der Waals surface area (Å²) in [5, 5.41) is 20.4. The largest absolute Gasteiger partial charge is 0.481 e. The molecule has 1 atom stereocenters. The second-order valence-electron chi connectivity index (χ2n) is 4.34. The summed E-state index contributed by atoms with van der Waals surface area (Å²) < 4.78 is 0. The summed E-state index contributed by atoms with van der Waals surface area (Å²) in [6, 6.07) is 6.87. The Morgan fingerprint density at radius 1 is 1.14 bits per heavy atom. The van der Waals surface area contributed by atoms with E-state index in [1.54, 1.807) is 24.3 Å². The van der Waals surface area contributed by atoms with E-state index >= 15 is 0 Å². The number of amides is 1. The van der Waals surface area contributed by atoms with Crippen molar-refractivity contribution in [2.75, 3.05) is 0 Å². The molecule has 0 bridgehead atoms. The van der Waals surface area contributed by atoms with Gasteiger partial charge in [0.25, 0.3) is 5.91 Å². The maximum absolute atomic E-state index is 12.2. The second-order valence-corrected chi connectivity index (χ2v) is 4.34. The number of hydrogen-bond acceptors (Lipinski definition) is 4. The van der Waals surface area contributed by atoms with E-state index in [1.165, 1.54) is 12.3 Å². The highest BCUT2D eigenvalue weighted by Gasteiger charge is 2.24. The molecule has 1 aromatic heterocycles. The van der Waals surface area contributed by atoms with Gasteiger partial charge in [-0.05, 0) is 12.1 Å². The summed E-state index contributed by atoms with van der Waals surface area (Å²) >= 11 is 0. The van der Waals surface area contributed by atoms with Crippen LogP contribution >= 0.6 is 0 Å². The van der Waals surface area contributed by atoms with E-state index < -0.39 is 30.3 Å². The summed E-state index contributed by atoms with van der Waals surface area (Å²) in [6.45, 7) is 0. The molecule has 0 saturated carbocycles. The summed E-state index contributed by atoms with van der Waals surface area (Å²) in [4.78, 5) is 37.9. The maximum atomic E-state index is 12.2. The molecule has 0 aliphatic rings. The standard InChI is InChI=1S/C14H12N2O5/c17-12(18)7-11(14(20)21)16-13(19)9-5-6-15-10-4-2-1-3-8(9)10/h1-6,11H,7H2,(H,16,19)(H,17,18)(H,20,21). The van der Waals surface area contributed by atoms with Gasteiger partial charge in [-0.2, -0.15) is 0 Å². The highest BCUT2D eigenvalue weighted by Crippen LogP contribution is 2.16. The molecule has 7 nitrogen and oxygen atoms in total. The normalized spacial score (nSPS) is 11.8. The van der Waals surface area contributed by atoms with Crippen LogP contribution in [-0.2, 0) is 9.59 Å². The number of nitrogens with zero attached hydrogens (tertiary/aromatic N) is 1. The summed E-state index contributed by atoms with van der Waals surface area (Å²) in [6.07, 6.45) is 0.744. The van der Waals surface area contributed by atoms with E-state index in [0.717, 1.165) is 0 Å². The Kier molecular flexibility index (Phi) is 4.13. The van der Waals surface area contributed by atoms with Crippen LogP contribution in [0.4, 0.5) is 0 Å². The molecule has 2 rings (SSSR count). The zero-order valence-corrected chi connectivity index (χ0v) is 10.8. The third-order valence-corrected chi connectivity index (χ3v) is 2.88. The van der Waals surface area contributed by atoms with Crippen LogP contribution in [0.2, 0.25) is 0 Å². The van der Waals surface area contributed by atoms with Gasteiger partial charge in [0, 0.05) is 11.6 Å². The van der Waals surface area contributed by atoms with Crippen molar-refractivity contribution in [3.8, 4) is 0 Å². The van der Waals surface area contributed by atoms with Crippen LogP contribution in [0.15, 0.2) is 36.5 Å². The zero-order chi connectivity index (χ0) is 15.4. The van der Waals surface area contributed by atoms with Crippen molar-refractivity contribution in [1.29, 1.82) is 0 Å². The lowest BCUT2D eigenvalue weighted by Crippen LogP contribution is -2.42. The van der Waals surface area contributed by atoms with Gasteiger partial charge in [0.05, 0.1) is 17.5 Å². The Bertz CT molecular complexity index is 708. The fourth-order valence-corrected chi connectivity index (χ4v) is 1.90. The average molecular weight is 288 g/mol. The highest BCUT2D eigenvalue weighted by atomic mass is 16.4. The number of carboxylic acid groups (broad SMARTS) is 2. The molecule has 1 amide bonds. The zero-order valence-electron chi connectivity index (χ0n) is 10.8. The van der Waals surface area contributed by atoms with Gasteiger partial charge in [0.1, 0.15) is 6.04 Å². The van der Waals surface area contributed by atoms with Crippen LogP contribution < -0.4 is 5.32 Å². The van der Waals surface area contributed by atoms with Crippen molar-refractivity contribution in [2.24, 2.45) is 0 Å². The number of carboxylic acids is 2. The van der Waals surface area contributed by atoms with Gasteiger partial charge in [-0.1, -0.05) is 18.2 Å². The molecule has 0 radical (unpaired) electrons. The van der Waals surface area contributed by atoms with E-state index in [0.29, 0.717) is 10.9 Å². The third-order valence-electron chi connectivity index (χ3n) is 2.88. The minimum Gasteiger partial charge on any atom is -0.481 e. The summed E-state index contributed by atoms with van der Waals surface area (Å²) in [5.41, 5.74) is 0.840. The molecule has 1 heterocycles. The predicted octanol–water partition coefficient (Wildman–Crippen LogP) is 0.892. The van der Waals surface area contributed by atoms with Gasteiger partial charge in [-0.15, -0.1) is 0 Å². The number of nitrogens with one attached hydrogen (secondary N) is 1. The quantitative estimate of drug-likeness (QED) is 0.752. The van der Waals surface area contributed by atoms with Gasteiger partial charge in [-0.3, -0.25) is 14.6 Å². The molecular formula is C14H12N2O5. The van der Waals surface area contributed by atoms with E-state index in [-0.39, 0.29) is 5.56 Å². The van der Waals surface area contributed by atoms with Crippen molar-refractivity contribution in [1.82, 2.24) is 10.3 Å². The first-order valence-corrected chi connectivity index (χ1v) is 6.08. The topological polar surface area (TPSA) is 117 Å². The summed E-state index contributed by atoms with van der Waals surface area (Å²) in [7, 11) is 0. The van der Waals surface area contributed by atoms with Crippen LogP contribution in [0.25, 0.3) is 10.9 Å². The Labute approximate surface area is 119 Å². The first kappa shape index (κ1) is 14.4. The van der Waals surface area contributed by atoms with Crippen LogP contribution in [-0.4, -0.2) is 39.1 Å². The first-order chi connectivity index (χ1) is 9.99. The fraction of sp³-hybridized carbons (Fsp3) is 0.143. The van der Waals surface area contributed by atoms with E-state index in [4.69, 9.17) is 10.2 Å². The lowest BCUT2D eigenvalue weighted by Gasteiger charge is -2.13. The monoisotopic (exact) mass is 288 g/mol. The molecule has 21 heavy (non-hydrogen) atoms. The van der Waals surface area contributed by atoms with Crippen molar-refractivity contribution in [2.45, 2.75) is 12.5 Å². The average Bonchev–Trinajstić information content (AvgIpc) is 2.45. The van der Waals surface area contributed by atoms with Crippen LogP contribution in [0.5, 0.6) is 0 Å². The Hall–Kier alpha value is -2.96. The molecule has 2 aromatic rings. The third kappa shape index (κ3) is 3.33. The molecule has 0 aliphatic heterocycles. The molecule has 7 heteroatoms. The number of rotatable bonds is 5. The van der Waals surface area contributed by atoms with Crippen LogP contribution in [0.3, 0.4) is 0 Å². The minimum absolute atomic E-state index is 0.247. The highest BCUT2D eigenvalue weighted by molar-refractivity contribution is 6.07. The molecule has 1 unspecified atom stereocenters. The Balaban J connectivity index is 2.29. The van der Waals surface area contributed by atoms with Gasteiger partial charge in [0.2, 0.25) is 0 Å². The number of benzene rings is 1. The molecule has 0 aliphatic carbocycles. The number of para-hydroxylation sites is 1. The van der Waals surface area contributed by atoms with Gasteiger partial charge in [-0.25, -0.2) is 4.79 Å². The number of pyridine rings is 1. The van der Waals surface area contributed by atoms with Gasteiger partial charge >= 0.3 is 11.9 Å². The van der Waals surface area contributed by atoms with Gasteiger partial charge in [0.15, 0.2) is 0 Å². The Morgan fingerprint density at radius 3 is 2.52 bits per heavy atom. The number of aromatic nitrogens is 1. The van der Waals surface area contributed by atoms with Crippen molar-refractivity contribution < 1.29 is 24.6 Å². The first-order valence-electron chi connectivity index (χ1n) is 6.08. The second kappa shape index (κ2) is 6.00. The molecule has 1 aromatic carbocycles. The number of aliphatic carboxylic acids is 2. The van der Waals surface area contributed by atoms with Crippen LogP contribution in [0.1, 0.15) is 16.8 Å². The van der Waals surface area contributed by atoms with Crippen molar-refractivity contribution in [3.05, 3.63) is 42.1 Å². The lowest BCUT2D eigenvalue weighted by molar-refractivity contribution is -0.145. The SMILES string of the molecule is O=C(O)CC(NC(=O)c1ccnc2ccccc12)C(=O)O. The fourth-order valence-electron chi connectivity index (χ4n) is 1.90. The van der Waals surface area contributed by atoms with E-state index in [9.17, 15) is 14.4 Å². The number of fused-ring (bicyclic) bond motifs is 1. The van der Waals surface area contributed by atoms with E-state index in [1.807, 2.05) is 0 Å². The summed E-state index contributed by atoms with van der Waals surface area (Å²) in [5.74, 6) is -3.35. The molecule has 0 saturated heterocycles. The van der Waals surface area contributed by atoms with Crippen LogP contribution in [0, 0.1) is 0 Å².